The lowest BCUT2D eigenvalue weighted by Gasteiger charge is -2.07. The standard InChI is InChI=1S/C7H14O2S/c1-6(8)7(2)9-4-3-5-10/h7,10H,3-5H2,1-2H3/t7-/m1/s1. The number of carbonyl (C=O) groups excluding carboxylic acids is 1. The Morgan fingerprint density at radius 2 is 2.30 bits per heavy atom. The molecule has 0 saturated carbocycles. The van der Waals surface area contributed by atoms with E-state index in [1.54, 1.807) is 6.92 Å². The summed E-state index contributed by atoms with van der Waals surface area (Å²) in [5.41, 5.74) is 0. The minimum Gasteiger partial charge on any atom is -0.371 e. The third-order valence-electron chi connectivity index (χ3n) is 1.24. The Labute approximate surface area is 67.4 Å². The van der Waals surface area contributed by atoms with E-state index in [0.717, 1.165) is 12.2 Å². The molecule has 0 aliphatic heterocycles. The van der Waals surface area contributed by atoms with Crippen LogP contribution in [0.4, 0.5) is 0 Å². The van der Waals surface area contributed by atoms with Gasteiger partial charge in [0.2, 0.25) is 0 Å². The minimum absolute atomic E-state index is 0.0826. The third-order valence-corrected chi connectivity index (χ3v) is 1.56. The summed E-state index contributed by atoms with van der Waals surface area (Å²) < 4.78 is 5.15. The molecule has 2 nitrogen and oxygen atoms in total. The van der Waals surface area contributed by atoms with Gasteiger partial charge in [0.1, 0.15) is 6.10 Å². The molecule has 0 radical (unpaired) electrons. The lowest BCUT2D eigenvalue weighted by molar-refractivity contribution is -0.127. The molecule has 0 aromatic rings. The summed E-state index contributed by atoms with van der Waals surface area (Å²) in [5.74, 6) is 0.893. The number of carbonyl (C=O) groups is 1. The first-order valence-corrected chi connectivity index (χ1v) is 4.04. The molecule has 10 heavy (non-hydrogen) atoms. The Bertz CT molecular complexity index is 104. The first-order chi connectivity index (χ1) is 4.68. The van der Waals surface area contributed by atoms with Crippen molar-refractivity contribution >= 4 is 18.4 Å². The molecule has 60 valence electrons. The molecule has 0 aromatic heterocycles. The number of hydrogen-bond acceptors (Lipinski definition) is 3. The third kappa shape index (κ3) is 4.82. The largest absolute Gasteiger partial charge is 0.371 e. The predicted molar refractivity (Wildman–Crippen MR) is 44.6 cm³/mol. The van der Waals surface area contributed by atoms with Gasteiger partial charge in [0, 0.05) is 6.61 Å². The fourth-order valence-electron chi connectivity index (χ4n) is 0.442. The van der Waals surface area contributed by atoms with Crippen molar-refractivity contribution < 1.29 is 9.53 Å². The van der Waals surface area contributed by atoms with Gasteiger partial charge in [-0.15, -0.1) is 0 Å². The average Bonchev–Trinajstić information content (AvgIpc) is 1.88. The van der Waals surface area contributed by atoms with Crippen LogP contribution in [0.25, 0.3) is 0 Å². The maximum absolute atomic E-state index is 10.6. The van der Waals surface area contributed by atoms with Crippen LogP contribution in [0.2, 0.25) is 0 Å². The van der Waals surface area contributed by atoms with Crippen LogP contribution < -0.4 is 0 Å². The molecule has 0 N–H and O–H groups in total. The highest BCUT2D eigenvalue weighted by atomic mass is 32.1. The van der Waals surface area contributed by atoms with E-state index in [1.165, 1.54) is 6.92 Å². The summed E-state index contributed by atoms with van der Waals surface area (Å²) in [4.78, 5) is 10.6. The fraction of sp³-hybridized carbons (Fsp3) is 0.857. The van der Waals surface area contributed by atoms with Gasteiger partial charge in [0.25, 0.3) is 0 Å². The molecule has 0 unspecified atom stereocenters. The number of rotatable bonds is 5. The van der Waals surface area contributed by atoms with E-state index in [4.69, 9.17) is 4.74 Å². The summed E-state index contributed by atoms with van der Waals surface area (Å²) in [7, 11) is 0. The summed E-state index contributed by atoms with van der Waals surface area (Å²) in [6.45, 7) is 3.93. The van der Waals surface area contributed by atoms with Crippen molar-refractivity contribution in [1.82, 2.24) is 0 Å². The van der Waals surface area contributed by atoms with E-state index in [-0.39, 0.29) is 11.9 Å². The van der Waals surface area contributed by atoms with Gasteiger partial charge in [0.05, 0.1) is 0 Å². The van der Waals surface area contributed by atoms with Crippen molar-refractivity contribution in [3.63, 3.8) is 0 Å². The van der Waals surface area contributed by atoms with Gasteiger partial charge < -0.3 is 4.74 Å². The van der Waals surface area contributed by atoms with Crippen molar-refractivity contribution in [3.8, 4) is 0 Å². The molecule has 0 aromatic carbocycles. The van der Waals surface area contributed by atoms with Crippen LogP contribution in [-0.2, 0) is 9.53 Å². The monoisotopic (exact) mass is 162 g/mol. The Hall–Kier alpha value is -0.0200. The molecule has 0 aliphatic carbocycles. The number of ketones is 1. The molecule has 0 heterocycles. The molecule has 0 amide bonds. The lowest BCUT2D eigenvalue weighted by Crippen LogP contribution is -2.18. The molecular weight excluding hydrogens is 148 g/mol. The van der Waals surface area contributed by atoms with Crippen LogP contribution in [0.5, 0.6) is 0 Å². The molecule has 0 aliphatic rings. The molecule has 0 saturated heterocycles. The quantitative estimate of drug-likeness (QED) is 0.487. The maximum Gasteiger partial charge on any atom is 0.158 e. The second-order valence-corrected chi connectivity index (χ2v) is 2.65. The average molecular weight is 162 g/mol. The topological polar surface area (TPSA) is 26.3 Å². The Kier molecular flexibility index (Phi) is 5.73. The van der Waals surface area contributed by atoms with Crippen LogP contribution in [0, 0.1) is 0 Å². The van der Waals surface area contributed by atoms with Crippen molar-refractivity contribution in [1.29, 1.82) is 0 Å². The number of ether oxygens (including phenoxy) is 1. The lowest BCUT2D eigenvalue weighted by atomic mass is 10.3. The Morgan fingerprint density at radius 1 is 1.70 bits per heavy atom. The van der Waals surface area contributed by atoms with Gasteiger partial charge in [-0.25, -0.2) is 0 Å². The highest BCUT2D eigenvalue weighted by Crippen LogP contribution is 1.94. The molecule has 0 spiro atoms. The first kappa shape index (κ1) is 9.98. The second-order valence-electron chi connectivity index (χ2n) is 2.20. The van der Waals surface area contributed by atoms with Gasteiger partial charge in [-0.05, 0) is 26.0 Å². The van der Waals surface area contributed by atoms with Crippen LogP contribution in [0.1, 0.15) is 20.3 Å². The van der Waals surface area contributed by atoms with Gasteiger partial charge in [-0.1, -0.05) is 0 Å². The SMILES string of the molecule is CC(=O)[C@@H](C)OCCCS. The van der Waals surface area contributed by atoms with Crippen LogP contribution in [0.15, 0.2) is 0 Å². The summed E-state index contributed by atoms with van der Waals surface area (Å²) in [6.07, 6.45) is 0.653. The van der Waals surface area contributed by atoms with E-state index < -0.39 is 0 Å². The van der Waals surface area contributed by atoms with Crippen LogP contribution >= 0.6 is 12.6 Å². The molecule has 0 bridgehead atoms. The highest BCUT2D eigenvalue weighted by molar-refractivity contribution is 7.80. The van der Waals surface area contributed by atoms with Gasteiger partial charge in [-0.2, -0.15) is 12.6 Å². The van der Waals surface area contributed by atoms with Crippen molar-refractivity contribution in [3.05, 3.63) is 0 Å². The zero-order valence-electron chi connectivity index (χ0n) is 6.46. The van der Waals surface area contributed by atoms with Crippen molar-refractivity contribution in [2.45, 2.75) is 26.4 Å². The van der Waals surface area contributed by atoms with E-state index >= 15 is 0 Å². The smallest absolute Gasteiger partial charge is 0.158 e. The number of hydrogen-bond donors (Lipinski definition) is 1. The molecule has 0 rings (SSSR count). The van der Waals surface area contributed by atoms with Crippen molar-refractivity contribution in [2.75, 3.05) is 12.4 Å². The predicted octanol–water partition coefficient (Wildman–Crippen LogP) is 1.30. The zero-order chi connectivity index (χ0) is 7.98. The van der Waals surface area contributed by atoms with Crippen molar-refractivity contribution in [2.24, 2.45) is 0 Å². The normalized spacial score (nSPS) is 13.1. The van der Waals surface area contributed by atoms with Gasteiger partial charge >= 0.3 is 0 Å². The second kappa shape index (κ2) is 5.74. The molecule has 3 heteroatoms. The van der Waals surface area contributed by atoms with E-state index in [9.17, 15) is 4.79 Å². The van der Waals surface area contributed by atoms with Gasteiger partial charge in [-0.3, -0.25) is 4.79 Å². The van der Waals surface area contributed by atoms with E-state index in [2.05, 4.69) is 12.6 Å². The minimum atomic E-state index is -0.250. The molecule has 0 fully saturated rings. The van der Waals surface area contributed by atoms with Crippen LogP contribution in [-0.4, -0.2) is 24.2 Å². The van der Waals surface area contributed by atoms with E-state index in [0.29, 0.717) is 6.61 Å². The molecular formula is C7H14O2S. The van der Waals surface area contributed by atoms with Crippen LogP contribution in [0.3, 0.4) is 0 Å². The van der Waals surface area contributed by atoms with E-state index in [1.807, 2.05) is 0 Å². The summed E-state index contributed by atoms with van der Waals surface area (Å²) >= 11 is 4.01. The Morgan fingerprint density at radius 3 is 2.70 bits per heavy atom. The number of thiol groups is 1. The summed E-state index contributed by atoms with van der Waals surface area (Å²) in [6, 6.07) is 0. The first-order valence-electron chi connectivity index (χ1n) is 3.41. The van der Waals surface area contributed by atoms with Gasteiger partial charge in [0.15, 0.2) is 5.78 Å². The Balaban J connectivity index is 3.21. The fourth-order valence-corrected chi connectivity index (χ4v) is 0.571. The zero-order valence-corrected chi connectivity index (χ0v) is 7.36. The molecule has 1 atom stereocenters. The highest BCUT2D eigenvalue weighted by Gasteiger charge is 2.05. The number of Topliss-reactive ketones (excluding diaryl/α,β-unsaturated/α-hetero) is 1. The maximum atomic E-state index is 10.6. The summed E-state index contributed by atoms with van der Waals surface area (Å²) in [5, 5.41) is 0.